The summed E-state index contributed by atoms with van der Waals surface area (Å²) in [4.78, 5) is 11.2. The van der Waals surface area contributed by atoms with Crippen LogP contribution in [0.2, 0.25) is 0 Å². The summed E-state index contributed by atoms with van der Waals surface area (Å²) in [6.45, 7) is 1.70. The van der Waals surface area contributed by atoms with Crippen LogP contribution < -0.4 is 0 Å². The molecule has 1 heteroatoms. The lowest BCUT2D eigenvalue weighted by atomic mass is 9.91. The summed E-state index contributed by atoms with van der Waals surface area (Å²) < 4.78 is 0. The summed E-state index contributed by atoms with van der Waals surface area (Å²) >= 11 is 0. The molecule has 0 heterocycles. The number of carbonyl (C=O) groups is 1. The molecule has 0 aromatic heterocycles. The van der Waals surface area contributed by atoms with Crippen LogP contribution in [0.4, 0.5) is 0 Å². The topological polar surface area (TPSA) is 17.1 Å². The van der Waals surface area contributed by atoms with Crippen molar-refractivity contribution in [2.75, 3.05) is 0 Å². The smallest absolute Gasteiger partial charge is 0.129 e. The molecular weight excluding hydrogens is 280 g/mol. The Bertz CT molecular complexity index is 641. The van der Waals surface area contributed by atoms with Crippen molar-refractivity contribution in [3.8, 4) is 0 Å². The van der Waals surface area contributed by atoms with Crippen LogP contribution in [0, 0.1) is 5.92 Å². The van der Waals surface area contributed by atoms with Crippen molar-refractivity contribution in [1.29, 1.82) is 0 Å². The van der Waals surface area contributed by atoms with Gasteiger partial charge < -0.3 is 4.79 Å². The van der Waals surface area contributed by atoms with Crippen LogP contribution in [0.1, 0.15) is 50.2 Å². The normalized spacial score (nSPS) is 17.3. The Morgan fingerprint density at radius 3 is 2.04 bits per heavy atom. The van der Waals surface area contributed by atoms with Crippen LogP contribution in [0.25, 0.3) is 5.57 Å². The maximum Gasteiger partial charge on any atom is 0.129 e. The molecule has 0 spiro atoms. The van der Waals surface area contributed by atoms with Crippen molar-refractivity contribution >= 4 is 11.4 Å². The van der Waals surface area contributed by atoms with Crippen molar-refractivity contribution in [1.82, 2.24) is 0 Å². The van der Waals surface area contributed by atoms with E-state index < -0.39 is 0 Å². The highest BCUT2D eigenvalue weighted by atomic mass is 16.1. The van der Waals surface area contributed by atoms with E-state index in [9.17, 15) is 4.79 Å². The number of rotatable bonds is 5. The standard InChI is InChI=1S/C22H24O/c1-17(23)12-13-18-14-15-21(16-18)22(19-8-4-2-5-9-19)20-10-6-3-7-11-20/h2-11,18H,12-16H2,1H3. The van der Waals surface area contributed by atoms with Crippen molar-refractivity contribution in [3.05, 3.63) is 77.4 Å². The Balaban J connectivity index is 1.91. The minimum Gasteiger partial charge on any atom is -0.300 e. The molecule has 0 bridgehead atoms. The molecule has 1 fully saturated rings. The van der Waals surface area contributed by atoms with E-state index in [2.05, 4.69) is 60.7 Å². The van der Waals surface area contributed by atoms with E-state index in [1.807, 2.05) is 0 Å². The zero-order chi connectivity index (χ0) is 16.1. The molecule has 0 N–H and O–H groups in total. The van der Waals surface area contributed by atoms with E-state index >= 15 is 0 Å². The van der Waals surface area contributed by atoms with Gasteiger partial charge in [-0.25, -0.2) is 0 Å². The molecule has 23 heavy (non-hydrogen) atoms. The van der Waals surface area contributed by atoms with Gasteiger partial charge in [-0.15, -0.1) is 0 Å². The van der Waals surface area contributed by atoms with Crippen molar-refractivity contribution < 1.29 is 4.79 Å². The summed E-state index contributed by atoms with van der Waals surface area (Å²) in [5, 5.41) is 0. The van der Waals surface area contributed by atoms with Gasteiger partial charge >= 0.3 is 0 Å². The minimum atomic E-state index is 0.314. The summed E-state index contributed by atoms with van der Waals surface area (Å²) in [6.07, 6.45) is 5.26. The van der Waals surface area contributed by atoms with E-state index in [1.165, 1.54) is 23.1 Å². The summed E-state index contributed by atoms with van der Waals surface area (Å²) in [6, 6.07) is 21.4. The van der Waals surface area contributed by atoms with Gasteiger partial charge in [0.25, 0.3) is 0 Å². The van der Waals surface area contributed by atoms with Crippen LogP contribution in [-0.2, 0) is 4.79 Å². The quantitative estimate of drug-likeness (QED) is 0.696. The Kier molecular flexibility index (Phi) is 5.07. The number of allylic oxidation sites excluding steroid dienone is 1. The Labute approximate surface area is 139 Å². The molecular formula is C22H24O. The molecule has 118 valence electrons. The van der Waals surface area contributed by atoms with Gasteiger partial charge in [-0.2, -0.15) is 0 Å². The molecule has 1 saturated carbocycles. The molecule has 2 aromatic rings. The predicted octanol–water partition coefficient (Wildman–Crippen LogP) is 5.66. The van der Waals surface area contributed by atoms with Gasteiger partial charge in [-0.05, 0) is 55.2 Å². The molecule has 0 amide bonds. The molecule has 0 radical (unpaired) electrons. The van der Waals surface area contributed by atoms with Gasteiger partial charge in [0.15, 0.2) is 0 Å². The predicted molar refractivity (Wildman–Crippen MR) is 96.2 cm³/mol. The van der Waals surface area contributed by atoms with Crippen molar-refractivity contribution in [2.45, 2.75) is 39.0 Å². The van der Waals surface area contributed by atoms with Gasteiger partial charge in [0.2, 0.25) is 0 Å². The number of benzene rings is 2. The summed E-state index contributed by atoms with van der Waals surface area (Å²) in [7, 11) is 0. The summed E-state index contributed by atoms with van der Waals surface area (Å²) in [5.41, 5.74) is 5.56. The monoisotopic (exact) mass is 304 g/mol. The Morgan fingerprint density at radius 1 is 0.957 bits per heavy atom. The molecule has 1 unspecified atom stereocenters. The van der Waals surface area contributed by atoms with Gasteiger partial charge in [-0.3, -0.25) is 0 Å². The first kappa shape index (κ1) is 15.7. The van der Waals surface area contributed by atoms with Gasteiger partial charge in [0.05, 0.1) is 0 Å². The van der Waals surface area contributed by atoms with E-state index in [0.29, 0.717) is 11.7 Å². The highest BCUT2D eigenvalue weighted by Crippen LogP contribution is 2.40. The largest absolute Gasteiger partial charge is 0.300 e. The van der Waals surface area contributed by atoms with E-state index in [4.69, 9.17) is 0 Å². The second kappa shape index (κ2) is 7.41. The van der Waals surface area contributed by atoms with Gasteiger partial charge in [0, 0.05) is 6.42 Å². The second-order valence-corrected chi connectivity index (χ2v) is 6.56. The first-order valence-corrected chi connectivity index (χ1v) is 8.56. The maximum absolute atomic E-state index is 11.2. The molecule has 1 aliphatic carbocycles. The molecule has 0 saturated heterocycles. The first-order chi connectivity index (χ1) is 11.2. The number of hydrogen-bond donors (Lipinski definition) is 0. The third kappa shape index (κ3) is 3.98. The fourth-order valence-electron chi connectivity index (χ4n) is 3.60. The highest BCUT2D eigenvalue weighted by Gasteiger charge is 2.23. The van der Waals surface area contributed by atoms with Crippen LogP contribution in [0.15, 0.2) is 66.2 Å². The summed E-state index contributed by atoms with van der Waals surface area (Å²) in [5.74, 6) is 0.977. The van der Waals surface area contributed by atoms with Crippen molar-refractivity contribution in [3.63, 3.8) is 0 Å². The second-order valence-electron chi connectivity index (χ2n) is 6.56. The number of carbonyl (C=O) groups excluding carboxylic acids is 1. The third-order valence-corrected chi connectivity index (χ3v) is 4.77. The lowest BCUT2D eigenvalue weighted by molar-refractivity contribution is -0.117. The van der Waals surface area contributed by atoms with E-state index in [-0.39, 0.29) is 0 Å². The maximum atomic E-state index is 11.2. The number of hydrogen-bond acceptors (Lipinski definition) is 1. The van der Waals surface area contributed by atoms with Crippen LogP contribution >= 0.6 is 0 Å². The lowest BCUT2D eigenvalue weighted by Crippen LogP contribution is -1.98. The average Bonchev–Trinajstić information content (AvgIpc) is 3.04. The zero-order valence-electron chi connectivity index (χ0n) is 13.8. The number of ketones is 1. The van der Waals surface area contributed by atoms with Crippen LogP contribution in [0.3, 0.4) is 0 Å². The molecule has 1 nitrogen and oxygen atoms in total. The fraction of sp³-hybridized carbons (Fsp3) is 0.318. The lowest BCUT2D eigenvalue weighted by Gasteiger charge is -2.13. The highest BCUT2D eigenvalue weighted by molar-refractivity contribution is 5.82. The fourth-order valence-corrected chi connectivity index (χ4v) is 3.60. The van der Waals surface area contributed by atoms with Crippen molar-refractivity contribution in [2.24, 2.45) is 5.92 Å². The number of Topliss-reactive ketones (excluding diaryl/α,β-unsaturated/α-hetero) is 1. The average molecular weight is 304 g/mol. The Morgan fingerprint density at radius 2 is 1.52 bits per heavy atom. The third-order valence-electron chi connectivity index (χ3n) is 4.77. The van der Waals surface area contributed by atoms with Crippen LogP contribution in [-0.4, -0.2) is 5.78 Å². The SMILES string of the molecule is CC(=O)CCC1CCC(=C(c2ccccc2)c2ccccc2)C1. The van der Waals surface area contributed by atoms with Crippen LogP contribution in [0.5, 0.6) is 0 Å². The van der Waals surface area contributed by atoms with E-state index in [1.54, 1.807) is 12.5 Å². The molecule has 2 aromatic carbocycles. The molecule has 1 atom stereocenters. The zero-order valence-corrected chi connectivity index (χ0v) is 13.8. The Hall–Kier alpha value is -2.15. The van der Waals surface area contributed by atoms with Gasteiger partial charge in [0.1, 0.15) is 5.78 Å². The minimum absolute atomic E-state index is 0.314. The molecule has 1 aliphatic rings. The van der Waals surface area contributed by atoms with E-state index in [0.717, 1.165) is 25.7 Å². The molecule has 3 rings (SSSR count). The molecule has 0 aliphatic heterocycles. The van der Waals surface area contributed by atoms with Gasteiger partial charge in [-0.1, -0.05) is 66.2 Å². The first-order valence-electron chi connectivity index (χ1n) is 8.56.